The van der Waals surface area contributed by atoms with Gasteiger partial charge in [-0.15, -0.1) is 0 Å². The number of likely N-dealkylation sites (tertiary alicyclic amines) is 1. The van der Waals surface area contributed by atoms with Crippen molar-refractivity contribution in [3.8, 4) is 0 Å². The summed E-state index contributed by atoms with van der Waals surface area (Å²) < 4.78 is 2.24. The highest BCUT2D eigenvalue weighted by Gasteiger charge is 2.17. The number of imidazole rings is 1. The van der Waals surface area contributed by atoms with Crippen molar-refractivity contribution >= 4 is 0 Å². The van der Waals surface area contributed by atoms with Crippen LogP contribution in [-0.4, -0.2) is 46.7 Å². The lowest BCUT2D eigenvalue weighted by Gasteiger charge is -2.32. The highest BCUT2D eigenvalue weighted by Crippen LogP contribution is 2.10. The number of aryl methyl sites for hydroxylation is 1. The molecule has 0 aliphatic carbocycles. The Labute approximate surface area is 110 Å². The first-order valence-electron chi connectivity index (χ1n) is 7.23. The molecule has 2 rings (SSSR count). The second kappa shape index (κ2) is 6.90. The molecule has 18 heavy (non-hydrogen) atoms. The van der Waals surface area contributed by atoms with Crippen molar-refractivity contribution < 1.29 is 0 Å². The minimum absolute atomic E-state index is 0.746. The van der Waals surface area contributed by atoms with Gasteiger partial charge in [0.1, 0.15) is 5.82 Å². The van der Waals surface area contributed by atoms with E-state index in [2.05, 4.69) is 39.8 Å². The van der Waals surface area contributed by atoms with E-state index in [1.54, 1.807) is 0 Å². The van der Waals surface area contributed by atoms with E-state index in [0.29, 0.717) is 0 Å². The van der Waals surface area contributed by atoms with Gasteiger partial charge in [0.15, 0.2) is 0 Å². The molecule has 1 fully saturated rings. The SMILES string of the molecule is CCCNC1CCN(CCn2ccnc2C)CC1. The fourth-order valence-electron chi connectivity index (χ4n) is 2.60. The summed E-state index contributed by atoms with van der Waals surface area (Å²) in [5.41, 5.74) is 0. The molecule has 0 spiro atoms. The molecule has 0 radical (unpaired) electrons. The standard InChI is InChI=1S/C14H26N4/c1-3-6-16-14-4-8-17(9-5-14)11-12-18-10-7-15-13(18)2/h7,10,14,16H,3-6,8-9,11-12H2,1-2H3. The second-order valence-electron chi connectivity index (χ2n) is 5.24. The van der Waals surface area contributed by atoms with Gasteiger partial charge < -0.3 is 14.8 Å². The molecule has 0 bridgehead atoms. The molecule has 2 heterocycles. The molecule has 1 aliphatic heterocycles. The first kappa shape index (κ1) is 13.6. The van der Waals surface area contributed by atoms with E-state index in [0.717, 1.165) is 25.0 Å². The lowest BCUT2D eigenvalue weighted by atomic mass is 10.1. The Kier molecular flexibility index (Phi) is 5.20. The number of aromatic nitrogens is 2. The predicted molar refractivity (Wildman–Crippen MR) is 74.7 cm³/mol. The third-order valence-corrected chi connectivity index (χ3v) is 3.85. The van der Waals surface area contributed by atoms with Crippen molar-refractivity contribution in [1.29, 1.82) is 0 Å². The average Bonchev–Trinajstić information content (AvgIpc) is 2.81. The van der Waals surface area contributed by atoms with Gasteiger partial charge in [0.25, 0.3) is 0 Å². The van der Waals surface area contributed by atoms with Gasteiger partial charge in [0.05, 0.1) is 0 Å². The third-order valence-electron chi connectivity index (χ3n) is 3.85. The summed E-state index contributed by atoms with van der Waals surface area (Å²) in [6.45, 7) is 10.1. The Morgan fingerprint density at radius 2 is 2.11 bits per heavy atom. The van der Waals surface area contributed by atoms with Gasteiger partial charge in [0, 0.05) is 31.5 Å². The molecule has 0 unspecified atom stereocenters. The van der Waals surface area contributed by atoms with Crippen molar-refractivity contribution in [2.75, 3.05) is 26.2 Å². The quantitative estimate of drug-likeness (QED) is 0.833. The molecule has 1 aromatic heterocycles. The van der Waals surface area contributed by atoms with Crippen LogP contribution in [0.4, 0.5) is 0 Å². The summed E-state index contributed by atoms with van der Waals surface area (Å²) in [4.78, 5) is 6.83. The number of hydrogen-bond acceptors (Lipinski definition) is 3. The normalized spacial score (nSPS) is 18.3. The minimum atomic E-state index is 0.746. The highest BCUT2D eigenvalue weighted by atomic mass is 15.2. The summed E-state index contributed by atoms with van der Waals surface area (Å²) in [7, 11) is 0. The van der Waals surface area contributed by atoms with Crippen molar-refractivity contribution in [1.82, 2.24) is 19.8 Å². The van der Waals surface area contributed by atoms with Crippen LogP contribution < -0.4 is 5.32 Å². The van der Waals surface area contributed by atoms with Crippen molar-refractivity contribution in [2.45, 2.75) is 45.7 Å². The summed E-state index contributed by atoms with van der Waals surface area (Å²) in [5, 5.41) is 3.63. The number of nitrogens with zero attached hydrogens (tertiary/aromatic N) is 3. The van der Waals surface area contributed by atoms with Crippen LogP contribution in [0, 0.1) is 6.92 Å². The zero-order chi connectivity index (χ0) is 12.8. The van der Waals surface area contributed by atoms with Crippen molar-refractivity contribution in [3.63, 3.8) is 0 Å². The molecule has 1 aliphatic rings. The lowest BCUT2D eigenvalue weighted by molar-refractivity contribution is 0.191. The van der Waals surface area contributed by atoms with Gasteiger partial charge in [-0.1, -0.05) is 6.92 Å². The number of rotatable bonds is 6. The lowest BCUT2D eigenvalue weighted by Crippen LogP contribution is -2.43. The van der Waals surface area contributed by atoms with Gasteiger partial charge >= 0.3 is 0 Å². The van der Waals surface area contributed by atoms with Gasteiger partial charge in [-0.3, -0.25) is 0 Å². The first-order valence-corrected chi connectivity index (χ1v) is 7.23. The first-order chi connectivity index (χ1) is 8.79. The van der Waals surface area contributed by atoms with Gasteiger partial charge in [0.2, 0.25) is 0 Å². The maximum atomic E-state index is 4.26. The van der Waals surface area contributed by atoms with Crippen molar-refractivity contribution in [2.24, 2.45) is 0 Å². The van der Waals surface area contributed by atoms with Crippen LogP contribution >= 0.6 is 0 Å². The molecule has 1 saturated heterocycles. The largest absolute Gasteiger partial charge is 0.334 e. The van der Waals surface area contributed by atoms with Crippen LogP contribution in [-0.2, 0) is 6.54 Å². The Morgan fingerprint density at radius 3 is 2.72 bits per heavy atom. The minimum Gasteiger partial charge on any atom is -0.334 e. The molecule has 4 heteroatoms. The fourth-order valence-corrected chi connectivity index (χ4v) is 2.60. The maximum absolute atomic E-state index is 4.26. The molecule has 1 N–H and O–H groups in total. The zero-order valence-corrected chi connectivity index (χ0v) is 11.7. The van der Waals surface area contributed by atoms with E-state index >= 15 is 0 Å². The fraction of sp³-hybridized carbons (Fsp3) is 0.786. The topological polar surface area (TPSA) is 33.1 Å². The van der Waals surface area contributed by atoms with Crippen molar-refractivity contribution in [3.05, 3.63) is 18.2 Å². The molecular formula is C14H26N4. The van der Waals surface area contributed by atoms with Gasteiger partial charge in [-0.25, -0.2) is 4.98 Å². The highest BCUT2D eigenvalue weighted by molar-refractivity contribution is 4.88. The van der Waals surface area contributed by atoms with Gasteiger partial charge in [-0.05, 0) is 45.8 Å². The number of hydrogen-bond donors (Lipinski definition) is 1. The predicted octanol–water partition coefficient (Wildman–Crippen LogP) is 1.66. The Bertz CT molecular complexity index is 339. The van der Waals surface area contributed by atoms with Crippen LogP contribution in [0.25, 0.3) is 0 Å². The van der Waals surface area contributed by atoms with Crippen LogP contribution in [0.2, 0.25) is 0 Å². The number of nitrogens with one attached hydrogen (secondary N) is 1. The number of piperidine rings is 1. The van der Waals surface area contributed by atoms with E-state index < -0.39 is 0 Å². The van der Waals surface area contributed by atoms with E-state index in [9.17, 15) is 0 Å². The maximum Gasteiger partial charge on any atom is 0.105 e. The summed E-state index contributed by atoms with van der Waals surface area (Å²) in [6, 6.07) is 0.746. The monoisotopic (exact) mass is 250 g/mol. The molecule has 1 aromatic rings. The molecular weight excluding hydrogens is 224 g/mol. The Hall–Kier alpha value is -0.870. The van der Waals surface area contributed by atoms with Crippen LogP contribution in [0.3, 0.4) is 0 Å². The van der Waals surface area contributed by atoms with E-state index in [4.69, 9.17) is 0 Å². The third kappa shape index (κ3) is 3.82. The summed E-state index contributed by atoms with van der Waals surface area (Å²) in [5.74, 6) is 1.12. The van der Waals surface area contributed by atoms with Crippen LogP contribution in [0.5, 0.6) is 0 Å². The summed E-state index contributed by atoms with van der Waals surface area (Å²) in [6.07, 6.45) is 7.78. The molecule has 0 atom stereocenters. The Morgan fingerprint density at radius 1 is 1.33 bits per heavy atom. The molecule has 102 valence electrons. The summed E-state index contributed by atoms with van der Waals surface area (Å²) >= 11 is 0. The Balaban J connectivity index is 1.66. The molecule has 0 amide bonds. The van der Waals surface area contributed by atoms with E-state index in [1.807, 2.05) is 6.20 Å². The molecule has 0 saturated carbocycles. The second-order valence-corrected chi connectivity index (χ2v) is 5.24. The molecule has 0 aromatic carbocycles. The average molecular weight is 250 g/mol. The van der Waals surface area contributed by atoms with Crippen LogP contribution in [0.15, 0.2) is 12.4 Å². The van der Waals surface area contributed by atoms with E-state index in [-0.39, 0.29) is 0 Å². The zero-order valence-electron chi connectivity index (χ0n) is 11.7. The van der Waals surface area contributed by atoms with Crippen LogP contribution in [0.1, 0.15) is 32.0 Å². The smallest absolute Gasteiger partial charge is 0.105 e. The molecule has 4 nitrogen and oxygen atoms in total. The van der Waals surface area contributed by atoms with Gasteiger partial charge in [-0.2, -0.15) is 0 Å². The van der Waals surface area contributed by atoms with E-state index in [1.165, 1.54) is 38.9 Å².